The van der Waals surface area contributed by atoms with E-state index in [4.69, 9.17) is 5.26 Å². The molecule has 0 aromatic heterocycles. The molecule has 4 nitrogen and oxygen atoms in total. The van der Waals surface area contributed by atoms with E-state index >= 15 is 0 Å². The summed E-state index contributed by atoms with van der Waals surface area (Å²) in [6.45, 7) is 8.26. The Morgan fingerprint density at radius 1 is 1.67 bits per heavy atom. The molecular weight excluding hydrogens is 190 g/mol. The highest BCUT2D eigenvalue weighted by Gasteiger charge is 2.18. The maximum atomic E-state index is 11.5. The Balaban J connectivity index is 4.07. The molecule has 15 heavy (non-hydrogen) atoms. The number of hydrogen-bond acceptors (Lipinski definition) is 3. The molecule has 4 heteroatoms. The summed E-state index contributed by atoms with van der Waals surface area (Å²) in [6.07, 6.45) is 1.64. The molecule has 1 N–H and O–H groups in total. The number of nitriles is 1. The molecule has 0 aliphatic rings. The first-order valence-electron chi connectivity index (χ1n) is 5.01. The molecule has 0 radical (unpaired) electrons. The van der Waals surface area contributed by atoms with Crippen LogP contribution in [-0.2, 0) is 4.79 Å². The molecule has 2 unspecified atom stereocenters. The highest BCUT2D eigenvalue weighted by atomic mass is 16.2. The summed E-state index contributed by atoms with van der Waals surface area (Å²) in [5.41, 5.74) is 0. The Kier molecular flexibility index (Phi) is 6.39. The third-order valence-electron chi connectivity index (χ3n) is 2.24. The number of hydrogen-bond donors (Lipinski definition) is 1. The van der Waals surface area contributed by atoms with Gasteiger partial charge in [-0.25, -0.2) is 0 Å². The lowest BCUT2D eigenvalue weighted by Crippen LogP contribution is -2.44. The van der Waals surface area contributed by atoms with Gasteiger partial charge in [-0.05, 0) is 20.9 Å². The monoisotopic (exact) mass is 209 g/mol. The molecule has 0 fully saturated rings. The van der Waals surface area contributed by atoms with Crippen LogP contribution in [0.5, 0.6) is 0 Å². The number of likely N-dealkylation sites (N-methyl/N-ethyl adjacent to an activating group) is 1. The van der Waals surface area contributed by atoms with Crippen LogP contribution < -0.4 is 5.32 Å². The number of carbonyl (C=O) groups excluding carboxylic acids is 1. The predicted molar refractivity (Wildman–Crippen MR) is 60.1 cm³/mol. The van der Waals surface area contributed by atoms with Crippen LogP contribution in [0.1, 0.15) is 13.8 Å². The van der Waals surface area contributed by atoms with Crippen molar-refractivity contribution in [3.8, 4) is 6.07 Å². The number of rotatable bonds is 6. The van der Waals surface area contributed by atoms with Crippen molar-refractivity contribution in [2.45, 2.75) is 19.9 Å². The fourth-order valence-electron chi connectivity index (χ4n) is 1.15. The smallest absolute Gasteiger partial charge is 0.237 e. The molecule has 0 aromatic carbocycles. The van der Waals surface area contributed by atoms with Crippen molar-refractivity contribution >= 4 is 5.91 Å². The average Bonchev–Trinajstić information content (AvgIpc) is 2.24. The summed E-state index contributed by atoms with van der Waals surface area (Å²) >= 11 is 0. The highest BCUT2D eigenvalue weighted by molar-refractivity contribution is 5.81. The zero-order valence-electron chi connectivity index (χ0n) is 9.66. The second kappa shape index (κ2) is 7.02. The molecule has 0 aliphatic heterocycles. The van der Waals surface area contributed by atoms with E-state index in [1.54, 1.807) is 6.08 Å². The van der Waals surface area contributed by atoms with Crippen molar-refractivity contribution in [2.24, 2.45) is 5.92 Å². The first kappa shape index (κ1) is 13.7. The van der Waals surface area contributed by atoms with E-state index < -0.39 is 0 Å². The van der Waals surface area contributed by atoms with Crippen LogP contribution in [0.25, 0.3) is 0 Å². The van der Waals surface area contributed by atoms with Gasteiger partial charge in [0, 0.05) is 13.1 Å². The minimum absolute atomic E-state index is 0.0393. The van der Waals surface area contributed by atoms with Gasteiger partial charge in [0.2, 0.25) is 5.91 Å². The highest BCUT2D eigenvalue weighted by Crippen LogP contribution is 2.01. The van der Waals surface area contributed by atoms with Gasteiger partial charge in [0.05, 0.1) is 18.0 Å². The standard InChI is InChI=1S/C11H19N3O/c1-5-6-13-11(15)10(3)14(4)8-9(2)7-12/h5,9-10H,1,6,8H2,2-4H3,(H,13,15). The normalized spacial score (nSPS) is 14.1. The van der Waals surface area contributed by atoms with E-state index in [1.807, 2.05) is 25.8 Å². The SMILES string of the molecule is C=CCNC(=O)C(C)N(C)CC(C)C#N. The van der Waals surface area contributed by atoms with Crippen LogP contribution in [0.3, 0.4) is 0 Å². The predicted octanol–water partition coefficient (Wildman–Crippen LogP) is 0.769. The summed E-state index contributed by atoms with van der Waals surface area (Å²) in [7, 11) is 1.84. The van der Waals surface area contributed by atoms with Gasteiger partial charge in [0.15, 0.2) is 0 Å². The maximum Gasteiger partial charge on any atom is 0.237 e. The van der Waals surface area contributed by atoms with Crippen LogP contribution in [0.2, 0.25) is 0 Å². The van der Waals surface area contributed by atoms with Crippen molar-refractivity contribution in [1.29, 1.82) is 5.26 Å². The summed E-state index contributed by atoms with van der Waals surface area (Å²) in [5, 5.41) is 11.4. The van der Waals surface area contributed by atoms with Crippen molar-refractivity contribution < 1.29 is 4.79 Å². The zero-order chi connectivity index (χ0) is 11.8. The van der Waals surface area contributed by atoms with Crippen LogP contribution in [0.15, 0.2) is 12.7 Å². The molecule has 84 valence electrons. The molecule has 0 spiro atoms. The minimum atomic E-state index is -0.222. The number of carbonyl (C=O) groups is 1. The zero-order valence-corrected chi connectivity index (χ0v) is 9.66. The lowest BCUT2D eigenvalue weighted by Gasteiger charge is -2.24. The number of nitrogens with zero attached hydrogens (tertiary/aromatic N) is 2. The Morgan fingerprint density at radius 2 is 2.27 bits per heavy atom. The van der Waals surface area contributed by atoms with Gasteiger partial charge in [-0.3, -0.25) is 9.69 Å². The summed E-state index contributed by atoms with van der Waals surface area (Å²) in [5.74, 6) is -0.104. The van der Waals surface area contributed by atoms with Crippen LogP contribution in [0.4, 0.5) is 0 Å². The van der Waals surface area contributed by atoms with Crippen LogP contribution in [0, 0.1) is 17.2 Å². The molecule has 0 heterocycles. The third-order valence-corrected chi connectivity index (χ3v) is 2.24. The van der Waals surface area contributed by atoms with Gasteiger partial charge >= 0.3 is 0 Å². The average molecular weight is 209 g/mol. The molecule has 0 saturated carbocycles. The van der Waals surface area contributed by atoms with Crippen molar-refractivity contribution in [3.63, 3.8) is 0 Å². The number of nitrogens with one attached hydrogen (secondary N) is 1. The van der Waals surface area contributed by atoms with Gasteiger partial charge in [0.1, 0.15) is 0 Å². The molecule has 1 amide bonds. The summed E-state index contributed by atoms with van der Waals surface area (Å²) in [6, 6.07) is 1.92. The van der Waals surface area contributed by atoms with E-state index in [9.17, 15) is 4.79 Å². The third kappa shape index (κ3) is 5.18. The van der Waals surface area contributed by atoms with Gasteiger partial charge in [-0.1, -0.05) is 6.08 Å². The second-order valence-electron chi connectivity index (χ2n) is 3.68. The van der Waals surface area contributed by atoms with Crippen molar-refractivity contribution in [3.05, 3.63) is 12.7 Å². The van der Waals surface area contributed by atoms with E-state index in [-0.39, 0.29) is 17.9 Å². The largest absolute Gasteiger partial charge is 0.351 e. The topological polar surface area (TPSA) is 56.1 Å². The fourth-order valence-corrected chi connectivity index (χ4v) is 1.15. The Morgan fingerprint density at radius 3 is 2.73 bits per heavy atom. The van der Waals surface area contributed by atoms with Gasteiger partial charge in [0.25, 0.3) is 0 Å². The summed E-state index contributed by atoms with van der Waals surface area (Å²) in [4.78, 5) is 13.4. The molecule has 2 atom stereocenters. The summed E-state index contributed by atoms with van der Waals surface area (Å²) < 4.78 is 0. The van der Waals surface area contributed by atoms with Gasteiger partial charge in [-0.2, -0.15) is 5.26 Å². The van der Waals surface area contributed by atoms with Crippen molar-refractivity contribution in [2.75, 3.05) is 20.1 Å². The first-order valence-corrected chi connectivity index (χ1v) is 5.01. The van der Waals surface area contributed by atoms with Crippen molar-refractivity contribution in [1.82, 2.24) is 10.2 Å². The Labute approximate surface area is 91.6 Å². The lowest BCUT2D eigenvalue weighted by atomic mass is 10.1. The fraction of sp³-hybridized carbons (Fsp3) is 0.636. The van der Waals surface area contributed by atoms with Crippen LogP contribution in [-0.4, -0.2) is 37.0 Å². The Hall–Kier alpha value is -1.34. The molecule has 0 saturated heterocycles. The number of amides is 1. The second-order valence-corrected chi connectivity index (χ2v) is 3.68. The van der Waals surface area contributed by atoms with E-state index in [2.05, 4.69) is 18.0 Å². The molecular formula is C11H19N3O. The first-order chi connectivity index (χ1) is 7.02. The van der Waals surface area contributed by atoms with E-state index in [1.165, 1.54) is 0 Å². The molecule has 0 bridgehead atoms. The Bertz CT molecular complexity index is 257. The van der Waals surface area contributed by atoms with Crippen LogP contribution >= 0.6 is 0 Å². The minimum Gasteiger partial charge on any atom is -0.351 e. The lowest BCUT2D eigenvalue weighted by molar-refractivity contribution is -0.125. The molecule has 0 rings (SSSR count). The van der Waals surface area contributed by atoms with Gasteiger partial charge < -0.3 is 5.32 Å². The quantitative estimate of drug-likeness (QED) is 0.657. The van der Waals surface area contributed by atoms with E-state index in [0.717, 1.165) is 0 Å². The van der Waals surface area contributed by atoms with E-state index in [0.29, 0.717) is 13.1 Å². The maximum absolute atomic E-state index is 11.5. The molecule has 0 aromatic rings. The molecule has 0 aliphatic carbocycles. The van der Waals surface area contributed by atoms with Gasteiger partial charge in [-0.15, -0.1) is 6.58 Å².